The van der Waals surface area contributed by atoms with E-state index in [1.54, 1.807) is 30.5 Å². The van der Waals surface area contributed by atoms with Gasteiger partial charge in [0.1, 0.15) is 0 Å². The molecule has 0 aliphatic rings. The standard InChI is InChI=1S/C17H15ClIN3O2/c18-13-4-2-6-15(10-13)21-16(23)7-8-17(24)22-20-11-12-3-1-5-14(19)9-12/h1-6,9-11H,7-8H2,(H,21,23)(H,22,24). The lowest BCUT2D eigenvalue weighted by molar-refractivity contribution is -0.124. The third-order valence-corrected chi connectivity index (χ3v) is 3.85. The van der Waals surface area contributed by atoms with Crippen LogP contribution in [0.2, 0.25) is 5.02 Å². The predicted molar refractivity (Wildman–Crippen MR) is 104 cm³/mol. The van der Waals surface area contributed by atoms with Gasteiger partial charge in [0, 0.05) is 27.1 Å². The van der Waals surface area contributed by atoms with Gasteiger partial charge in [0.2, 0.25) is 11.8 Å². The zero-order chi connectivity index (χ0) is 17.4. The Morgan fingerprint density at radius 1 is 1.08 bits per heavy atom. The molecule has 5 nitrogen and oxygen atoms in total. The fraction of sp³-hybridized carbons (Fsp3) is 0.118. The molecule has 0 heterocycles. The lowest BCUT2D eigenvalue weighted by Gasteiger charge is -2.05. The summed E-state index contributed by atoms with van der Waals surface area (Å²) in [5.74, 6) is -0.577. The van der Waals surface area contributed by atoms with Gasteiger partial charge in [-0.3, -0.25) is 9.59 Å². The molecule has 2 aromatic carbocycles. The van der Waals surface area contributed by atoms with Crippen molar-refractivity contribution >= 4 is 57.9 Å². The Hall–Kier alpha value is -1.93. The highest BCUT2D eigenvalue weighted by atomic mass is 127. The molecule has 0 aliphatic heterocycles. The molecule has 0 saturated carbocycles. The summed E-state index contributed by atoms with van der Waals surface area (Å²) in [7, 11) is 0. The predicted octanol–water partition coefficient (Wildman–Crippen LogP) is 3.81. The Bertz CT molecular complexity index is 765. The number of amides is 2. The van der Waals surface area contributed by atoms with Gasteiger partial charge in [0.15, 0.2) is 0 Å². The molecule has 0 radical (unpaired) electrons. The van der Waals surface area contributed by atoms with Gasteiger partial charge < -0.3 is 5.32 Å². The second kappa shape index (κ2) is 9.39. The fourth-order valence-electron chi connectivity index (χ4n) is 1.84. The maximum Gasteiger partial charge on any atom is 0.240 e. The van der Waals surface area contributed by atoms with Crippen molar-refractivity contribution in [2.24, 2.45) is 5.10 Å². The number of nitrogens with zero attached hydrogens (tertiary/aromatic N) is 1. The van der Waals surface area contributed by atoms with Crippen molar-refractivity contribution in [3.05, 3.63) is 62.7 Å². The summed E-state index contributed by atoms with van der Waals surface area (Å²) in [5.41, 5.74) is 3.90. The molecule has 24 heavy (non-hydrogen) atoms. The molecule has 124 valence electrons. The van der Waals surface area contributed by atoms with Crippen LogP contribution in [0.3, 0.4) is 0 Å². The van der Waals surface area contributed by atoms with Crippen LogP contribution in [0.15, 0.2) is 53.6 Å². The molecule has 0 aromatic heterocycles. The number of halogens is 2. The Kier molecular flexibility index (Phi) is 7.20. The first-order valence-corrected chi connectivity index (χ1v) is 8.61. The number of anilines is 1. The number of rotatable bonds is 6. The highest BCUT2D eigenvalue weighted by Gasteiger charge is 2.07. The lowest BCUT2D eigenvalue weighted by Crippen LogP contribution is -2.20. The van der Waals surface area contributed by atoms with E-state index in [1.807, 2.05) is 24.3 Å². The smallest absolute Gasteiger partial charge is 0.240 e. The molecule has 2 aromatic rings. The molecule has 7 heteroatoms. The lowest BCUT2D eigenvalue weighted by atomic mass is 10.2. The zero-order valence-electron chi connectivity index (χ0n) is 12.6. The van der Waals surface area contributed by atoms with E-state index in [2.05, 4.69) is 38.4 Å². The summed E-state index contributed by atoms with van der Waals surface area (Å²) in [6.07, 6.45) is 1.68. The number of hydrogen-bond donors (Lipinski definition) is 2. The molecule has 0 fully saturated rings. The van der Waals surface area contributed by atoms with Gasteiger partial charge in [-0.2, -0.15) is 5.10 Å². The Morgan fingerprint density at radius 3 is 2.58 bits per heavy atom. The molecule has 0 unspecified atom stereocenters. The van der Waals surface area contributed by atoms with Crippen LogP contribution in [-0.2, 0) is 9.59 Å². The molecule has 0 saturated heterocycles. The first-order chi connectivity index (χ1) is 11.5. The van der Waals surface area contributed by atoms with Crippen LogP contribution in [0.25, 0.3) is 0 Å². The van der Waals surface area contributed by atoms with Gasteiger partial charge in [0.25, 0.3) is 0 Å². The Morgan fingerprint density at radius 2 is 1.83 bits per heavy atom. The second-order valence-electron chi connectivity index (χ2n) is 4.91. The minimum atomic E-state index is -0.321. The van der Waals surface area contributed by atoms with Crippen molar-refractivity contribution in [1.82, 2.24) is 5.43 Å². The van der Waals surface area contributed by atoms with Gasteiger partial charge >= 0.3 is 0 Å². The van der Waals surface area contributed by atoms with Crippen LogP contribution in [-0.4, -0.2) is 18.0 Å². The fourth-order valence-corrected chi connectivity index (χ4v) is 2.60. The van der Waals surface area contributed by atoms with E-state index >= 15 is 0 Å². The first kappa shape index (κ1) is 18.4. The van der Waals surface area contributed by atoms with E-state index in [1.165, 1.54) is 0 Å². The van der Waals surface area contributed by atoms with E-state index in [-0.39, 0.29) is 24.7 Å². The van der Waals surface area contributed by atoms with Gasteiger partial charge in [-0.15, -0.1) is 0 Å². The van der Waals surface area contributed by atoms with E-state index in [0.717, 1.165) is 9.13 Å². The minimum Gasteiger partial charge on any atom is -0.326 e. The van der Waals surface area contributed by atoms with Crippen molar-refractivity contribution in [1.29, 1.82) is 0 Å². The molecular weight excluding hydrogens is 441 g/mol. The van der Waals surface area contributed by atoms with E-state index in [0.29, 0.717) is 10.7 Å². The first-order valence-electron chi connectivity index (χ1n) is 7.16. The summed E-state index contributed by atoms with van der Waals surface area (Å²) in [6, 6.07) is 14.5. The largest absolute Gasteiger partial charge is 0.326 e. The summed E-state index contributed by atoms with van der Waals surface area (Å²) in [4.78, 5) is 23.5. The Labute approximate surface area is 158 Å². The molecule has 0 bridgehead atoms. The quantitative estimate of drug-likeness (QED) is 0.395. The molecule has 2 amide bonds. The molecule has 2 rings (SSSR count). The number of carbonyl (C=O) groups excluding carboxylic acids is 2. The van der Waals surface area contributed by atoms with Crippen LogP contribution >= 0.6 is 34.2 Å². The van der Waals surface area contributed by atoms with Crippen LogP contribution in [0, 0.1) is 3.57 Å². The Balaban J connectivity index is 1.73. The molecular formula is C17H15ClIN3O2. The van der Waals surface area contributed by atoms with Crippen molar-refractivity contribution in [2.45, 2.75) is 12.8 Å². The van der Waals surface area contributed by atoms with Crippen molar-refractivity contribution < 1.29 is 9.59 Å². The third-order valence-electron chi connectivity index (χ3n) is 2.94. The summed E-state index contributed by atoms with van der Waals surface area (Å²) in [5, 5.41) is 7.10. The summed E-state index contributed by atoms with van der Waals surface area (Å²) >= 11 is 8.04. The van der Waals surface area contributed by atoms with E-state index < -0.39 is 0 Å². The molecule has 0 aliphatic carbocycles. The summed E-state index contributed by atoms with van der Waals surface area (Å²) in [6.45, 7) is 0. The maximum atomic E-state index is 11.8. The summed E-state index contributed by atoms with van der Waals surface area (Å²) < 4.78 is 1.08. The van der Waals surface area contributed by atoms with Crippen molar-refractivity contribution in [2.75, 3.05) is 5.32 Å². The van der Waals surface area contributed by atoms with Crippen LogP contribution in [0.4, 0.5) is 5.69 Å². The van der Waals surface area contributed by atoms with Gasteiger partial charge in [-0.1, -0.05) is 29.8 Å². The van der Waals surface area contributed by atoms with Crippen LogP contribution < -0.4 is 10.7 Å². The van der Waals surface area contributed by atoms with Gasteiger partial charge in [-0.25, -0.2) is 5.43 Å². The monoisotopic (exact) mass is 455 g/mol. The SMILES string of the molecule is O=C(CCC(=O)Nc1cccc(Cl)c1)NN=Cc1cccc(I)c1. The number of nitrogens with one attached hydrogen (secondary N) is 2. The highest BCUT2D eigenvalue weighted by Crippen LogP contribution is 2.15. The molecule has 2 N–H and O–H groups in total. The van der Waals surface area contributed by atoms with Crippen LogP contribution in [0.5, 0.6) is 0 Å². The zero-order valence-corrected chi connectivity index (χ0v) is 15.5. The van der Waals surface area contributed by atoms with Crippen molar-refractivity contribution in [3.63, 3.8) is 0 Å². The number of hydrogen-bond acceptors (Lipinski definition) is 3. The maximum absolute atomic E-state index is 11.8. The molecule has 0 spiro atoms. The number of hydrazone groups is 1. The normalized spacial score (nSPS) is 10.6. The van der Waals surface area contributed by atoms with Gasteiger partial charge in [-0.05, 0) is 58.5 Å². The van der Waals surface area contributed by atoms with Crippen molar-refractivity contribution in [3.8, 4) is 0 Å². The average molecular weight is 456 g/mol. The second-order valence-corrected chi connectivity index (χ2v) is 6.59. The molecule has 0 atom stereocenters. The average Bonchev–Trinajstić information content (AvgIpc) is 2.53. The number of benzene rings is 2. The van der Waals surface area contributed by atoms with E-state index in [4.69, 9.17) is 11.6 Å². The number of carbonyl (C=O) groups is 2. The minimum absolute atomic E-state index is 0.0516. The van der Waals surface area contributed by atoms with Crippen LogP contribution in [0.1, 0.15) is 18.4 Å². The van der Waals surface area contributed by atoms with E-state index in [9.17, 15) is 9.59 Å². The van der Waals surface area contributed by atoms with Gasteiger partial charge in [0.05, 0.1) is 6.21 Å². The third kappa shape index (κ3) is 6.67. The topological polar surface area (TPSA) is 70.6 Å². The highest BCUT2D eigenvalue weighted by molar-refractivity contribution is 14.1.